The number of ether oxygens (including phenoxy) is 1. The smallest absolute Gasteiger partial charge is 0.407 e. The second-order valence-corrected chi connectivity index (χ2v) is 9.28. The molecule has 2 aromatic carbocycles. The molecule has 3 rings (SSSR count). The van der Waals surface area contributed by atoms with E-state index in [-0.39, 0.29) is 30.8 Å². The highest BCUT2D eigenvalue weighted by Crippen LogP contribution is 2.44. The van der Waals surface area contributed by atoms with Crippen LogP contribution in [0.15, 0.2) is 48.5 Å². The minimum Gasteiger partial charge on any atom is -0.481 e. The molecule has 1 unspecified atom stereocenters. The zero-order chi connectivity index (χ0) is 25.0. The summed E-state index contributed by atoms with van der Waals surface area (Å²) in [7, 11) is 0. The fraction of sp³-hybridized carbons (Fsp3) is 0.464. The van der Waals surface area contributed by atoms with Crippen LogP contribution >= 0.6 is 0 Å². The molecular formula is C28H36N2O5. The van der Waals surface area contributed by atoms with Gasteiger partial charge in [0.05, 0.1) is 0 Å². The number of carbonyl (C=O) groups excluding carboxylic acids is 2. The van der Waals surface area contributed by atoms with Gasteiger partial charge in [0.15, 0.2) is 0 Å². The number of rotatable bonds is 14. The monoisotopic (exact) mass is 480 g/mol. The van der Waals surface area contributed by atoms with Crippen molar-refractivity contribution in [2.75, 3.05) is 19.7 Å². The molecule has 1 aliphatic rings. The summed E-state index contributed by atoms with van der Waals surface area (Å²) in [4.78, 5) is 34.9. The first kappa shape index (κ1) is 26.3. The van der Waals surface area contributed by atoms with Crippen molar-refractivity contribution in [3.05, 3.63) is 59.7 Å². The van der Waals surface area contributed by atoms with Gasteiger partial charge in [0, 0.05) is 31.8 Å². The fourth-order valence-electron chi connectivity index (χ4n) is 4.53. The number of amides is 2. The Kier molecular flexibility index (Phi) is 10.1. The number of carboxylic acids is 1. The van der Waals surface area contributed by atoms with E-state index in [1.165, 1.54) is 22.3 Å². The van der Waals surface area contributed by atoms with Crippen molar-refractivity contribution in [3.8, 4) is 11.1 Å². The number of carbonyl (C=O) groups is 3. The van der Waals surface area contributed by atoms with Gasteiger partial charge in [0.2, 0.25) is 5.91 Å². The number of carboxylic acid groups (broad SMARTS) is 1. The van der Waals surface area contributed by atoms with Gasteiger partial charge in [-0.2, -0.15) is 0 Å². The zero-order valence-corrected chi connectivity index (χ0v) is 20.4. The van der Waals surface area contributed by atoms with Crippen LogP contribution in [0.4, 0.5) is 4.79 Å². The highest BCUT2D eigenvalue weighted by molar-refractivity contribution is 5.79. The molecular weight excluding hydrogens is 444 g/mol. The number of nitrogens with one attached hydrogen (secondary N) is 2. The molecule has 1 atom stereocenters. The summed E-state index contributed by atoms with van der Waals surface area (Å²) in [5.74, 6) is -0.766. The normalized spacial score (nSPS) is 12.9. The predicted octanol–water partition coefficient (Wildman–Crippen LogP) is 5.09. The van der Waals surface area contributed by atoms with Crippen LogP contribution in [0.3, 0.4) is 0 Å². The van der Waals surface area contributed by atoms with Crippen molar-refractivity contribution in [3.63, 3.8) is 0 Å². The van der Waals surface area contributed by atoms with Crippen LogP contribution < -0.4 is 10.6 Å². The molecule has 0 saturated carbocycles. The van der Waals surface area contributed by atoms with E-state index in [1.807, 2.05) is 31.2 Å². The maximum atomic E-state index is 12.3. The number of benzene rings is 2. The number of aliphatic carboxylic acids is 1. The Morgan fingerprint density at radius 3 is 2.14 bits per heavy atom. The van der Waals surface area contributed by atoms with E-state index >= 15 is 0 Å². The molecule has 1 aliphatic carbocycles. The number of hydrogen-bond donors (Lipinski definition) is 3. The minimum absolute atomic E-state index is 0.00787. The first-order chi connectivity index (χ1) is 17.0. The highest BCUT2D eigenvalue weighted by atomic mass is 16.5. The van der Waals surface area contributed by atoms with Crippen molar-refractivity contribution >= 4 is 18.0 Å². The van der Waals surface area contributed by atoms with Gasteiger partial charge >= 0.3 is 12.1 Å². The first-order valence-electron chi connectivity index (χ1n) is 12.5. The Morgan fingerprint density at radius 2 is 1.49 bits per heavy atom. The van der Waals surface area contributed by atoms with Crippen LogP contribution in [0.2, 0.25) is 0 Å². The Balaban J connectivity index is 1.30. The predicted molar refractivity (Wildman–Crippen MR) is 135 cm³/mol. The second-order valence-electron chi connectivity index (χ2n) is 9.28. The van der Waals surface area contributed by atoms with E-state index in [0.717, 1.165) is 25.7 Å². The Morgan fingerprint density at radius 1 is 0.886 bits per heavy atom. The van der Waals surface area contributed by atoms with Crippen LogP contribution in [-0.2, 0) is 14.3 Å². The molecule has 0 fully saturated rings. The Hall–Kier alpha value is -3.35. The van der Waals surface area contributed by atoms with Gasteiger partial charge in [-0.3, -0.25) is 9.59 Å². The van der Waals surface area contributed by atoms with Crippen molar-refractivity contribution in [2.24, 2.45) is 5.92 Å². The van der Waals surface area contributed by atoms with Gasteiger partial charge in [0.1, 0.15) is 6.61 Å². The van der Waals surface area contributed by atoms with Gasteiger partial charge in [-0.1, -0.05) is 74.7 Å². The molecule has 2 aromatic rings. The molecule has 3 N–H and O–H groups in total. The van der Waals surface area contributed by atoms with Crippen LogP contribution in [0.25, 0.3) is 11.1 Å². The summed E-state index contributed by atoms with van der Waals surface area (Å²) in [6, 6.07) is 16.4. The van der Waals surface area contributed by atoms with Gasteiger partial charge in [-0.05, 0) is 41.0 Å². The molecule has 7 nitrogen and oxygen atoms in total. The molecule has 0 saturated heterocycles. The minimum atomic E-state index is -0.750. The van der Waals surface area contributed by atoms with Crippen molar-refractivity contribution in [1.29, 1.82) is 0 Å². The van der Waals surface area contributed by atoms with E-state index in [4.69, 9.17) is 9.84 Å². The number of hydrogen-bond acceptors (Lipinski definition) is 4. The standard InChI is InChI=1S/C28H36N2O5/c1-20(17-26(31)29-16-10-4-2-3-5-15-27(32)33)18-30-28(34)35-19-25-23-13-8-6-11-21(23)22-12-7-9-14-24(22)25/h6-9,11-14,20,25H,2-5,10,15-19H2,1H3,(H,29,31)(H,30,34)(H,32,33). The molecule has 0 spiro atoms. The largest absolute Gasteiger partial charge is 0.481 e. The van der Waals surface area contributed by atoms with E-state index in [1.54, 1.807) is 0 Å². The fourth-order valence-corrected chi connectivity index (χ4v) is 4.53. The molecule has 35 heavy (non-hydrogen) atoms. The lowest BCUT2D eigenvalue weighted by molar-refractivity contribution is -0.137. The number of alkyl carbamates (subject to hydrolysis) is 1. The summed E-state index contributed by atoms with van der Waals surface area (Å²) in [5, 5.41) is 14.3. The number of unbranched alkanes of at least 4 members (excludes halogenated alkanes) is 4. The van der Waals surface area contributed by atoms with E-state index in [9.17, 15) is 14.4 Å². The van der Waals surface area contributed by atoms with Crippen molar-refractivity contribution in [2.45, 2.75) is 57.8 Å². The summed E-state index contributed by atoms with van der Waals surface area (Å²) in [5.41, 5.74) is 4.73. The average Bonchev–Trinajstić information content (AvgIpc) is 3.16. The molecule has 188 valence electrons. The first-order valence-corrected chi connectivity index (χ1v) is 12.5. The Bertz CT molecular complexity index is 961. The van der Waals surface area contributed by atoms with Crippen LogP contribution in [0, 0.1) is 5.92 Å². The molecule has 7 heteroatoms. The SMILES string of the molecule is CC(CNC(=O)OCC1c2ccccc2-c2ccccc21)CC(=O)NCCCCCCCC(=O)O. The zero-order valence-electron chi connectivity index (χ0n) is 20.4. The summed E-state index contributed by atoms with van der Waals surface area (Å²) in [6.07, 6.45) is 4.52. The molecule has 2 amide bonds. The number of fused-ring (bicyclic) bond motifs is 3. The third kappa shape index (κ3) is 8.12. The van der Waals surface area contributed by atoms with E-state index in [0.29, 0.717) is 25.9 Å². The van der Waals surface area contributed by atoms with Crippen LogP contribution in [0.1, 0.15) is 68.9 Å². The topological polar surface area (TPSA) is 105 Å². The quantitative estimate of drug-likeness (QED) is 0.327. The lowest BCUT2D eigenvalue weighted by atomic mass is 9.98. The van der Waals surface area contributed by atoms with Crippen molar-refractivity contribution < 1.29 is 24.2 Å². The van der Waals surface area contributed by atoms with Crippen LogP contribution in [0.5, 0.6) is 0 Å². The third-order valence-corrected chi connectivity index (χ3v) is 6.36. The molecule has 0 bridgehead atoms. The van der Waals surface area contributed by atoms with Crippen molar-refractivity contribution in [1.82, 2.24) is 10.6 Å². The van der Waals surface area contributed by atoms with Gasteiger partial charge in [-0.15, -0.1) is 0 Å². The summed E-state index contributed by atoms with van der Waals surface area (Å²) in [6.45, 7) is 3.18. The van der Waals surface area contributed by atoms with Gasteiger partial charge in [0.25, 0.3) is 0 Å². The Labute approximate surface area is 207 Å². The maximum absolute atomic E-state index is 12.3. The van der Waals surface area contributed by atoms with E-state index in [2.05, 4.69) is 34.9 Å². The molecule has 0 heterocycles. The third-order valence-electron chi connectivity index (χ3n) is 6.36. The molecule has 0 aliphatic heterocycles. The van der Waals surface area contributed by atoms with E-state index < -0.39 is 12.1 Å². The maximum Gasteiger partial charge on any atom is 0.407 e. The lowest BCUT2D eigenvalue weighted by Gasteiger charge is -2.16. The summed E-state index contributed by atoms with van der Waals surface area (Å²) >= 11 is 0. The van der Waals surface area contributed by atoms with Crippen LogP contribution in [-0.4, -0.2) is 42.8 Å². The van der Waals surface area contributed by atoms with Gasteiger partial charge < -0.3 is 20.5 Å². The van der Waals surface area contributed by atoms with Gasteiger partial charge in [-0.25, -0.2) is 4.79 Å². The second kappa shape index (κ2) is 13.5. The lowest BCUT2D eigenvalue weighted by Crippen LogP contribution is -2.33. The average molecular weight is 481 g/mol. The molecule has 0 aromatic heterocycles. The molecule has 0 radical (unpaired) electrons. The summed E-state index contributed by atoms with van der Waals surface area (Å²) < 4.78 is 5.54. The highest BCUT2D eigenvalue weighted by Gasteiger charge is 2.29.